The van der Waals surface area contributed by atoms with E-state index in [1.165, 1.54) is 34.1 Å². The summed E-state index contributed by atoms with van der Waals surface area (Å²) in [5.41, 5.74) is 4.88. The van der Waals surface area contributed by atoms with Crippen LogP contribution in [0.15, 0.2) is 18.2 Å². The highest BCUT2D eigenvalue weighted by Crippen LogP contribution is 2.46. The molecule has 3 heterocycles. The smallest absolute Gasteiger partial charge is 0.0897 e. The highest BCUT2D eigenvalue weighted by molar-refractivity contribution is 5.86. The number of hydrogen-bond acceptors (Lipinski definition) is 3. The number of rotatable bonds is 6. The van der Waals surface area contributed by atoms with Crippen LogP contribution in [0.4, 0.5) is 4.39 Å². The van der Waals surface area contributed by atoms with Gasteiger partial charge >= 0.3 is 0 Å². The molecular formula is C26H37FN2O2. The highest BCUT2D eigenvalue weighted by Gasteiger charge is 2.40. The monoisotopic (exact) mass is 428 g/mol. The molecule has 2 N–H and O–H groups in total. The third-order valence-electron chi connectivity index (χ3n) is 8.36. The van der Waals surface area contributed by atoms with Crippen LogP contribution in [0, 0.1) is 11.8 Å². The minimum absolute atomic E-state index is 0.249. The number of aryl methyl sites for hydroxylation is 1. The molecule has 0 amide bonds. The van der Waals surface area contributed by atoms with Crippen LogP contribution in [0.25, 0.3) is 10.9 Å². The van der Waals surface area contributed by atoms with E-state index in [0.29, 0.717) is 31.5 Å². The zero-order chi connectivity index (χ0) is 21.4. The van der Waals surface area contributed by atoms with Gasteiger partial charge in [0.2, 0.25) is 0 Å². The lowest BCUT2D eigenvalue weighted by Crippen LogP contribution is -2.47. The Hall–Kier alpha value is -1.43. The molecule has 0 saturated carbocycles. The van der Waals surface area contributed by atoms with Crippen molar-refractivity contribution >= 4 is 10.9 Å². The van der Waals surface area contributed by atoms with E-state index in [-0.39, 0.29) is 6.67 Å². The van der Waals surface area contributed by atoms with Gasteiger partial charge < -0.3 is 19.7 Å². The van der Waals surface area contributed by atoms with Crippen molar-refractivity contribution in [3.63, 3.8) is 0 Å². The molecule has 2 unspecified atom stereocenters. The maximum atomic E-state index is 12.7. The van der Waals surface area contributed by atoms with Gasteiger partial charge in [-0.1, -0.05) is 13.0 Å². The summed E-state index contributed by atoms with van der Waals surface area (Å²) in [4.78, 5) is 6.31. The van der Waals surface area contributed by atoms with Gasteiger partial charge in [-0.05, 0) is 92.5 Å². The van der Waals surface area contributed by atoms with Crippen molar-refractivity contribution in [3.05, 3.63) is 35.0 Å². The fourth-order valence-corrected chi connectivity index (χ4v) is 6.39. The van der Waals surface area contributed by atoms with Crippen LogP contribution in [0.2, 0.25) is 0 Å². The lowest BCUT2D eigenvalue weighted by Gasteiger charge is -2.45. The van der Waals surface area contributed by atoms with E-state index in [9.17, 15) is 9.50 Å². The second-order valence-corrected chi connectivity index (χ2v) is 10.3. The largest absolute Gasteiger partial charge is 0.390 e. The summed E-state index contributed by atoms with van der Waals surface area (Å²) in [6, 6.07) is 6.65. The maximum absolute atomic E-state index is 12.7. The van der Waals surface area contributed by atoms with Gasteiger partial charge in [0.25, 0.3) is 0 Å². The van der Waals surface area contributed by atoms with Gasteiger partial charge in [-0.3, -0.25) is 4.39 Å². The summed E-state index contributed by atoms with van der Waals surface area (Å²) in [5, 5.41) is 12.2. The van der Waals surface area contributed by atoms with Gasteiger partial charge in [-0.2, -0.15) is 0 Å². The number of aliphatic hydroxyl groups is 1. The number of alkyl halides is 1. The first-order valence-corrected chi connectivity index (χ1v) is 12.3. The maximum Gasteiger partial charge on any atom is 0.0897 e. The van der Waals surface area contributed by atoms with E-state index < -0.39 is 5.60 Å². The first-order chi connectivity index (χ1) is 15.1. The second-order valence-electron chi connectivity index (χ2n) is 10.3. The van der Waals surface area contributed by atoms with E-state index in [2.05, 4.69) is 35.0 Å². The highest BCUT2D eigenvalue weighted by atomic mass is 19.1. The van der Waals surface area contributed by atoms with Crippen molar-refractivity contribution < 1.29 is 14.2 Å². The van der Waals surface area contributed by atoms with Crippen LogP contribution >= 0.6 is 0 Å². The third kappa shape index (κ3) is 4.29. The van der Waals surface area contributed by atoms with E-state index in [4.69, 9.17) is 4.74 Å². The van der Waals surface area contributed by atoms with E-state index >= 15 is 0 Å². The predicted octanol–water partition coefficient (Wildman–Crippen LogP) is 4.60. The number of H-pyrrole nitrogens is 1. The Labute approximate surface area is 185 Å². The van der Waals surface area contributed by atoms with Crippen molar-refractivity contribution in [2.24, 2.45) is 11.8 Å². The molecule has 2 fully saturated rings. The molecule has 3 atom stereocenters. The summed E-state index contributed by atoms with van der Waals surface area (Å²) in [6.45, 7) is 6.80. The molecule has 2 aliphatic heterocycles. The van der Waals surface area contributed by atoms with Crippen LogP contribution in [-0.4, -0.2) is 60.1 Å². The van der Waals surface area contributed by atoms with Crippen LogP contribution in [-0.2, 0) is 17.6 Å². The molecule has 5 heteroatoms. The molecule has 5 rings (SSSR count). The molecule has 1 aromatic heterocycles. The Morgan fingerprint density at radius 3 is 2.94 bits per heavy atom. The van der Waals surface area contributed by atoms with Crippen LogP contribution in [0.3, 0.4) is 0 Å². The first kappa shape index (κ1) is 21.4. The third-order valence-corrected chi connectivity index (χ3v) is 8.36. The van der Waals surface area contributed by atoms with E-state index in [1.54, 1.807) is 0 Å². The van der Waals surface area contributed by atoms with Crippen molar-refractivity contribution in [1.82, 2.24) is 9.88 Å². The normalized spacial score (nSPS) is 28.4. The summed E-state index contributed by atoms with van der Waals surface area (Å²) >= 11 is 0. The molecule has 0 spiro atoms. The average Bonchev–Trinajstić information content (AvgIpc) is 3.15. The molecule has 2 aromatic rings. The number of aromatic nitrogens is 1. The summed E-state index contributed by atoms with van der Waals surface area (Å²) in [7, 11) is 0. The first-order valence-electron chi connectivity index (χ1n) is 12.3. The van der Waals surface area contributed by atoms with Crippen molar-refractivity contribution in [2.75, 3.05) is 39.5 Å². The number of ether oxygens (including phenoxy) is 1. The molecule has 3 aliphatic rings. The lowest BCUT2D eigenvalue weighted by molar-refractivity contribution is -0.0738. The van der Waals surface area contributed by atoms with Gasteiger partial charge in [-0.15, -0.1) is 0 Å². The lowest BCUT2D eigenvalue weighted by atomic mass is 9.68. The van der Waals surface area contributed by atoms with Gasteiger partial charge in [-0.25, -0.2) is 0 Å². The summed E-state index contributed by atoms with van der Waals surface area (Å²) in [5.74, 6) is 1.93. The van der Waals surface area contributed by atoms with Gasteiger partial charge in [0, 0.05) is 42.9 Å². The Bertz CT molecular complexity index is 904. The number of benzene rings is 1. The SMILES string of the molecule is C[C@H]1c2c([nH]c3ccc(CCCF)cc23)CC2CCN(CCC3(O)CCOCC3)CC21. The number of fused-ring (bicyclic) bond motifs is 4. The van der Waals surface area contributed by atoms with Gasteiger partial charge in [0.1, 0.15) is 0 Å². The quantitative estimate of drug-likeness (QED) is 0.707. The minimum atomic E-state index is -0.534. The molecule has 4 nitrogen and oxygen atoms in total. The fourth-order valence-electron chi connectivity index (χ4n) is 6.39. The van der Waals surface area contributed by atoms with E-state index in [0.717, 1.165) is 57.7 Å². The van der Waals surface area contributed by atoms with E-state index in [1.807, 2.05) is 0 Å². The number of likely N-dealkylation sites (tertiary alicyclic amines) is 1. The molecule has 1 aliphatic carbocycles. The molecular weight excluding hydrogens is 391 g/mol. The van der Waals surface area contributed by atoms with Crippen LogP contribution < -0.4 is 0 Å². The Kier molecular flexibility index (Phi) is 6.11. The molecule has 31 heavy (non-hydrogen) atoms. The minimum Gasteiger partial charge on any atom is -0.390 e. The van der Waals surface area contributed by atoms with Crippen LogP contribution in [0.1, 0.15) is 61.8 Å². The Morgan fingerprint density at radius 1 is 1.29 bits per heavy atom. The molecule has 2 saturated heterocycles. The number of piperidine rings is 1. The molecule has 1 aromatic carbocycles. The van der Waals surface area contributed by atoms with Gasteiger partial charge in [0.15, 0.2) is 0 Å². The average molecular weight is 429 g/mol. The number of nitrogens with one attached hydrogen (secondary N) is 1. The number of aromatic amines is 1. The van der Waals surface area contributed by atoms with Gasteiger partial charge in [0.05, 0.1) is 12.3 Å². The predicted molar refractivity (Wildman–Crippen MR) is 122 cm³/mol. The fraction of sp³-hybridized carbons (Fsp3) is 0.692. The number of nitrogens with zero attached hydrogens (tertiary/aromatic N) is 1. The summed E-state index contributed by atoms with van der Waals surface area (Å²) in [6.07, 6.45) is 6.21. The standard InChI is InChI=1S/C26H37FN2O2/c1-18-22-17-29(12-7-26(30)8-13-31-14-9-26)11-6-20(22)16-24-25(18)21-15-19(3-2-10-27)4-5-23(21)28-24/h4-5,15,18,20,22,28,30H,2-3,6-14,16-17H2,1H3/t18-,20?,22?/m1/s1. The van der Waals surface area contributed by atoms with Crippen molar-refractivity contribution in [3.8, 4) is 0 Å². The van der Waals surface area contributed by atoms with Crippen molar-refractivity contribution in [1.29, 1.82) is 0 Å². The Morgan fingerprint density at radius 2 is 2.13 bits per heavy atom. The van der Waals surface area contributed by atoms with Crippen molar-refractivity contribution in [2.45, 2.75) is 63.4 Å². The zero-order valence-corrected chi connectivity index (χ0v) is 18.8. The molecule has 0 radical (unpaired) electrons. The molecule has 170 valence electrons. The Balaban J connectivity index is 1.31. The summed E-state index contributed by atoms with van der Waals surface area (Å²) < 4.78 is 18.1. The second kappa shape index (κ2) is 8.84. The molecule has 0 bridgehead atoms. The zero-order valence-electron chi connectivity index (χ0n) is 18.8. The number of halogens is 1. The number of hydrogen-bond donors (Lipinski definition) is 2. The topological polar surface area (TPSA) is 48.5 Å². The van der Waals surface area contributed by atoms with Crippen LogP contribution in [0.5, 0.6) is 0 Å².